The van der Waals surface area contributed by atoms with Crippen molar-refractivity contribution >= 4 is 45.8 Å². The summed E-state index contributed by atoms with van der Waals surface area (Å²) in [7, 11) is 0. The van der Waals surface area contributed by atoms with E-state index in [0.29, 0.717) is 11.6 Å². The van der Waals surface area contributed by atoms with Crippen molar-refractivity contribution in [2.24, 2.45) is 0 Å². The van der Waals surface area contributed by atoms with E-state index in [1.54, 1.807) is 23.7 Å². The summed E-state index contributed by atoms with van der Waals surface area (Å²) in [5.74, 6) is 0. The molecule has 0 radical (unpaired) electrons. The number of rotatable bonds is 3. The summed E-state index contributed by atoms with van der Waals surface area (Å²) in [5.41, 5.74) is 6.19. The summed E-state index contributed by atoms with van der Waals surface area (Å²) in [6, 6.07) is 18.1. The van der Waals surface area contributed by atoms with Crippen molar-refractivity contribution < 1.29 is 0 Å². The molecule has 0 spiro atoms. The molecule has 4 heterocycles. The van der Waals surface area contributed by atoms with Crippen LogP contribution in [-0.2, 0) is 6.54 Å². The minimum atomic E-state index is 0.651. The first kappa shape index (κ1) is 17.5. The zero-order chi connectivity index (χ0) is 19.1. The van der Waals surface area contributed by atoms with Crippen molar-refractivity contribution in [3.05, 3.63) is 88.7 Å². The molecule has 0 saturated carbocycles. The van der Waals surface area contributed by atoms with Crippen LogP contribution < -0.4 is 4.90 Å². The molecule has 0 saturated heterocycles. The van der Waals surface area contributed by atoms with Gasteiger partial charge in [0.15, 0.2) is 0 Å². The Morgan fingerprint density at radius 1 is 1.04 bits per heavy atom. The van der Waals surface area contributed by atoms with E-state index in [1.165, 1.54) is 0 Å². The van der Waals surface area contributed by atoms with Gasteiger partial charge in [-0.15, -0.1) is 11.3 Å². The third kappa shape index (κ3) is 3.02. The molecule has 5 rings (SSSR count). The van der Waals surface area contributed by atoms with E-state index in [2.05, 4.69) is 27.4 Å². The number of aromatic nitrogens is 2. The van der Waals surface area contributed by atoms with E-state index in [4.69, 9.17) is 28.8 Å². The summed E-state index contributed by atoms with van der Waals surface area (Å²) in [6.45, 7) is 0.651. The van der Waals surface area contributed by atoms with Gasteiger partial charge in [0.1, 0.15) is 4.99 Å². The van der Waals surface area contributed by atoms with E-state index in [9.17, 15) is 0 Å². The number of pyridine rings is 2. The van der Waals surface area contributed by atoms with Crippen LogP contribution in [0.15, 0.2) is 72.4 Å². The molecule has 4 aromatic rings. The van der Waals surface area contributed by atoms with Gasteiger partial charge >= 0.3 is 0 Å². The molecule has 0 bridgehead atoms. The van der Waals surface area contributed by atoms with Crippen LogP contribution in [0.1, 0.15) is 11.3 Å². The molecule has 0 amide bonds. The quantitative estimate of drug-likeness (QED) is 0.368. The van der Waals surface area contributed by atoms with Crippen molar-refractivity contribution in [2.75, 3.05) is 4.90 Å². The highest BCUT2D eigenvalue weighted by Gasteiger charge is 2.30. The highest BCUT2D eigenvalue weighted by atomic mass is 35.5. The van der Waals surface area contributed by atoms with Crippen LogP contribution >= 0.6 is 35.2 Å². The lowest BCUT2D eigenvalue weighted by atomic mass is 9.98. The number of halogens is 1. The summed E-state index contributed by atoms with van der Waals surface area (Å²) < 4.78 is 0. The van der Waals surface area contributed by atoms with E-state index >= 15 is 0 Å². The molecule has 0 fully saturated rings. The minimum absolute atomic E-state index is 0.651. The SMILES string of the molecule is S=C1c2c(-c3ccc(Cl)cc3)cc(-c3cccs3)nc2CN1c1ccncc1. The predicted molar refractivity (Wildman–Crippen MR) is 120 cm³/mol. The Kier molecular flexibility index (Phi) is 4.43. The van der Waals surface area contributed by atoms with Gasteiger partial charge in [0.25, 0.3) is 0 Å². The van der Waals surface area contributed by atoms with E-state index in [1.807, 2.05) is 42.5 Å². The molecule has 3 nitrogen and oxygen atoms in total. The topological polar surface area (TPSA) is 29.0 Å². The first-order chi connectivity index (χ1) is 13.7. The van der Waals surface area contributed by atoms with Gasteiger partial charge in [-0.25, -0.2) is 4.98 Å². The summed E-state index contributed by atoms with van der Waals surface area (Å²) in [5, 5.41) is 2.79. The molecule has 0 atom stereocenters. The molecule has 0 unspecified atom stereocenters. The fraction of sp³-hybridized carbons (Fsp3) is 0.0455. The van der Waals surface area contributed by atoms with E-state index < -0.39 is 0 Å². The number of fused-ring (bicyclic) bond motifs is 1. The van der Waals surface area contributed by atoms with Crippen LogP contribution in [0.5, 0.6) is 0 Å². The lowest BCUT2D eigenvalue weighted by Gasteiger charge is -2.17. The second-order valence-electron chi connectivity index (χ2n) is 6.46. The van der Waals surface area contributed by atoms with Crippen LogP contribution in [0.2, 0.25) is 5.02 Å². The van der Waals surface area contributed by atoms with E-state index in [0.717, 1.165) is 43.6 Å². The largest absolute Gasteiger partial charge is 0.326 e. The molecule has 1 aliphatic heterocycles. The fourth-order valence-electron chi connectivity index (χ4n) is 3.45. The van der Waals surface area contributed by atoms with Crippen molar-refractivity contribution in [1.29, 1.82) is 0 Å². The molecule has 0 N–H and O–H groups in total. The molecule has 3 aromatic heterocycles. The standard InChI is InChI=1S/C22H14ClN3S2/c23-15-5-3-14(4-6-15)17-12-18(20-2-1-11-28-20)25-19-13-26(22(27)21(17)19)16-7-9-24-10-8-16/h1-12H,13H2. The molecule has 136 valence electrons. The number of anilines is 1. The predicted octanol–water partition coefficient (Wildman–Crippen LogP) is 6.22. The smallest absolute Gasteiger partial charge is 0.116 e. The Balaban J connectivity index is 1.69. The Bertz CT molecular complexity index is 1160. The van der Waals surface area contributed by atoms with Crippen molar-refractivity contribution in [3.63, 3.8) is 0 Å². The molecule has 6 heteroatoms. The van der Waals surface area contributed by atoms with Gasteiger partial charge in [-0.05, 0) is 52.9 Å². The Morgan fingerprint density at radius 2 is 1.82 bits per heavy atom. The van der Waals surface area contributed by atoms with Gasteiger partial charge in [-0.1, -0.05) is 42.0 Å². The molecular weight excluding hydrogens is 406 g/mol. The summed E-state index contributed by atoms with van der Waals surface area (Å²) in [6.07, 6.45) is 3.57. The Labute approximate surface area is 177 Å². The third-order valence-corrected chi connectivity index (χ3v) is 6.33. The number of hydrogen-bond acceptors (Lipinski definition) is 4. The van der Waals surface area contributed by atoms with Crippen LogP contribution in [0.4, 0.5) is 5.69 Å². The Hall–Kier alpha value is -2.60. The highest BCUT2D eigenvalue weighted by Crippen LogP contribution is 2.38. The van der Waals surface area contributed by atoms with Gasteiger partial charge in [0.05, 0.1) is 22.8 Å². The zero-order valence-corrected chi connectivity index (χ0v) is 17.1. The van der Waals surface area contributed by atoms with Gasteiger partial charge in [0, 0.05) is 28.7 Å². The van der Waals surface area contributed by atoms with Gasteiger partial charge < -0.3 is 4.90 Å². The molecule has 28 heavy (non-hydrogen) atoms. The second-order valence-corrected chi connectivity index (χ2v) is 8.23. The number of benzene rings is 1. The third-order valence-electron chi connectivity index (χ3n) is 4.76. The number of thiocarbonyl (C=S) groups is 1. The maximum Gasteiger partial charge on any atom is 0.116 e. The number of hydrogen-bond donors (Lipinski definition) is 0. The molecular formula is C22H14ClN3S2. The Morgan fingerprint density at radius 3 is 2.54 bits per heavy atom. The van der Waals surface area contributed by atoms with Crippen LogP contribution in [-0.4, -0.2) is 15.0 Å². The number of nitrogens with zero attached hydrogens (tertiary/aromatic N) is 3. The fourth-order valence-corrected chi connectivity index (χ4v) is 4.66. The lowest BCUT2D eigenvalue weighted by molar-refractivity contribution is 0.999. The monoisotopic (exact) mass is 419 g/mol. The minimum Gasteiger partial charge on any atom is -0.326 e. The van der Waals surface area contributed by atoms with Crippen molar-refractivity contribution in [1.82, 2.24) is 9.97 Å². The van der Waals surface area contributed by atoms with Crippen LogP contribution in [0, 0.1) is 0 Å². The van der Waals surface area contributed by atoms with Crippen molar-refractivity contribution in [3.8, 4) is 21.7 Å². The summed E-state index contributed by atoms with van der Waals surface area (Å²) in [4.78, 5) is 13.1. The normalized spacial score (nSPS) is 13.0. The zero-order valence-electron chi connectivity index (χ0n) is 14.7. The maximum absolute atomic E-state index is 6.11. The van der Waals surface area contributed by atoms with Gasteiger partial charge in [0.2, 0.25) is 0 Å². The summed E-state index contributed by atoms with van der Waals surface area (Å²) >= 11 is 13.7. The van der Waals surface area contributed by atoms with Crippen LogP contribution in [0.25, 0.3) is 21.7 Å². The van der Waals surface area contributed by atoms with Gasteiger partial charge in [-0.2, -0.15) is 0 Å². The van der Waals surface area contributed by atoms with Crippen molar-refractivity contribution in [2.45, 2.75) is 6.54 Å². The number of thiophene rings is 1. The first-order valence-electron chi connectivity index (χ1n) is 8.76. The van der Waals surface area contributed by atoms with Crippen LogP contribution in [0.3, 0.4) is 0 Å². The highest BCUT2D eigenvalue weighted by molar-refractivity contribution is 7.81. The second kappa shape index (κ2) is 7.09. The molecule has 1 aromatic carbocycles. The maximum atomic E-state index is 6.11. The molecule has 0 aliphatic carbocycles. The lowest BCUT2D eigenvalue weighted by Crippen LogP contribution is -2.22. The average molecular weight is 420 g/mol. The van der Waals surface area contributed by atoms with E-state index in [-0.39, 0.29) is 0 Å². The molecule has 1 aliphatic rings. The first-order valence-corrected chi connectivity index (χ1v) is 10.4. The average Bonchev–Trinajstić information content (AvgIpc) is 3.37. The van der Waals surface area contributed by atoms with Gasteiger partial charge in [-0.3, -0.25) is 4.98 Å².